The molecule has 0 unspecified atom stereocenters. The van der Waals surface area contributed by atoms with Crippen molar-refractivity contribution in [3.8, 4) is 0 Å². The van der Waals surface area contributed by atoms with Gasteiger partial charge in [0.05, 0.1) is 5.02 Å². The summed E-state index contributed by atoms with van der Waals surface area (Å²) in [7, 11) is 0. The van der Waals surface area contributed by atoms with Crippen LogP contribution in [0.5, 0.6) is 0 Å². The van der Waals surface area contributed by atoms with E-state index in [2.05, 4.69) is 15.6 Å². The highest BCUT2D eigenvalue weighted by Gasteiger charge is 2.00. The van der Waals surface area contributed by atoms with Gasteiger partial charge in [-0.25, -0.2) is 4.98 Å². The summed E-state index contributed by atoms with van der Waals surface area (Å²) in [6.07, 6.45) is 1.55. The zero-order valence-corrected chi connectivity index (χ0v) is 11.5. The number of pyridine rings is 1. The zero-order valence-electron chi connectivity index (χ0n) is 9.15. The highest BCUT2D eigenvalue weighted by Crippen LogP contribution is 2.15. The number of thiocarbonyl (C=S) groups is 1. The monoisotopic (exact) mass is 297 g/mol. The number of aromatic nitrogens is 1. The van der Waals surface area contributed by atoms with E-state index in [0.717, 1.165) is 5.69 Å². The van der Waals surface area contributed by atoms with Crippen molar-refractivity contribution in [1.82, 2.24) is 4.98 Å². The Labute approximate surface area is 120 Å². The van der Waals surface area contributed by atoms with E-state index >= 15 is 0 Å². The summed E-state index contributed by atoms with van der Waals surface area (Å²) in [5, 5.41) is 7.61. The van der Waals surface area contributed by atoms with Gasteiger partial charge in [0.2, 0.25) is 0 Å². The summed E-state index contributed by atoms with van der Waals surface area (Å²) in [4.78, 5) is 4.08. The molecule has 2 aromatic rings. The van der Waals surface area contributed by atoms with Gasteiger partial charge in [-0.15, -0.1) is 0 Å². The predicted octanol–water partition coefficient (Wildman–Crippen LogP) is 4.20. The van der Waals surface area contributed by atoms with Crippen LogP contribution < -0.4 is 10.6 Å². The number of benzene rings is 1. The molecule has 0 amide bonds. The average molecular weight is 298 g/mol. The molecule has 0 bridgehead atoms. The fourth-order valence-electron chi connectivity index (χ4n) is 1.29. The molecule has 0 aliphatic carbocycles. The Hall–Kier alpha value is -1.36. The quantitative estimate of drug-likeness (QED) is 0.815. The van der Waals surface area contributed by atoms with E-state index in [-0.39, 0.29) is 0 Å². The molecule has 2 N–H and O–H groups in total. The Balaban J connectivity index is 1.98. The van der Waals surface area contributed by atoms with Crippen molar-refractivity contribution in [2.75, 3.05) is 10.6 Å². The molecule has 0 saturated heterocycles. The molecule has 0 atom stereocenters. The number of hydrogen-bond acceptors (Lipinski definition) is 2. The molecule has 0 aliphatic heterocycles. The smallest absolute Gasteiger partial charge is 0.176 e. The Bertz CT molecular complexity index is 558. The highest BCUT2D eigenvalue weighted by atomic mass is 35.5. The molecule has 0 spiro atoms. The summed E-state index contributed by atoms with van der Waals surface area (Å²) in [5.74, 6) is 0.624. The fourth-order valence-corrected chi connectivity index (χ4v) is 1.82. The van der Waals surface area contributed by atoms with Crippen LogP contribution in [0.25, 0.3) is 0 Å². The SMILES string of the molecule is S=C(Nc1cccc(Cl)c1)Nc1ccc(Cl)cn1. The molecule has 0 fully saturated rings. The molecule has 92 valence electrons. The van der Waals surface area contributed by atoms with Gasteiger partial charge in [-0.3, -0.25) is 0 Å². The minimum absolute atomic E-state index is 0.437. The predicted molar refractivity (Wildman–Crippen MR) is 80.5 cm³/mol. The maximum absolute atomic E-state index is 5.88. The van der Waals surface area contributed by atoms with Gasteiger partial charge in [-0.2, -0.15) is 0 Å². The Morgan fingerprint density at radius 2 is 1.89 bits per heavy atom. The van der Waals surface area contributed by atoms with Gasteiger partial charge in [0.15, 0.2) is 5.11 Å². The fraction of sp³-hybridized carbons (Fsp3) is 0. The van der Waals surface area contributed by atoms with Crippen LogP contribution >= 0.6 is 35.4 Å². The molecule has 1 aromatic heterocycles. The van der Waals surface area contributed by atoms with Crippen molar-refractivity contribution in [1.29, 1.82) is 0 Å². The van der Waals surface area contributed by atoms with E-state index in [0.29, 0.717) is 21.0 Å². The lowest BCUT2D eigenvalue weighted by Crippen LogP contribution is -2.19. The second-order valence-corrected chi connectivity index (χ2v) is 4.73. The van der Waals surface area contributed by atoms with Crippen molar-refractivity contribution >= 4 is 52.0 Å². The molecular formula is C12H9Cl2N3S. The topological polar surface area (TPSA) is 37.0 Å². The number of nitrogens with zero attached hydrogens (tertiary/aromatic N) is 1. The molecule has 0 saturated carbocycles. The maximum Gasteiger partial charge on any atom is 0.176 e. The highest BCUT2D eigenvalue weighted by molar-refractivity contribution is 7.80. The van der Waals surface area contributed by atoms with Crippen LogP contribution in [-0.2, 0) is 0 Å². The molecule has 0 radical (unpaired) electrons. The normalized spacial score (nSPS) is 9.89. The second-order valence-electron chi connectivity index (χ2n) is 3.45. The lowest BCUT2D eigenvalue weighted by Gasteiger charge is -2.09. The zero-order chi connectivity index (χ0) is 13.0. The first-order valence-electron chi connectivity index (χ1n) is 5.08. The number of rotatable bonds is 2. The largest absolute Gasteiger partial charge is 0.332 e. The summed E-state index contributed by atoms with van der Waals surface area (Å²) >= 11 is 16.8. The van der Waals surface area contributed by atoms with E-state index in [1.54, 1.807) is 30.5 Å². The van der Waals surface area contributed by atoms with Crippen LogP contribution in [0.15, 0.2) is 42.6 Å². The second kappa shape index (κ2) is 6.00. The summed E-state index contributed by atoms with van der Waals surface area (Å²) < 4.78 is 0. The van der Waals surface area contributed by atoms with Gasteiger partial charge in [0, 0.05) is 16.9 Å². The summed E-state index contributed by atoms with van der Waals surface area (Å²) in [6, 6.07) is 10.8. The van der Waals surface area contributed by atoms with Crippen LogP contribution in [0.2, 0.25) is 10.0 Å². The molecular weight excluding hydrogens is 289 g/mol. The summed E-state index contributed by atoms with van der Waals surface area (Å²) in [5.41, 5.74) is 0.814. The molecule has 0 aliphatic rings. The van der Waals surface area contributed by atoms with E-state index in [1.807, 2.05) is 12.1 Å². The number of anilines is 2. The average Bonchev–Trinajstić information content (AvgIpc) is 2.32. The number of nitrogens with one attached hydrogen (secondary N) is 2. The molecule has 3 nitrogen and oxygen atoms in total. The minimum Gasteiger partial charge on any atom is -0.332 e. The van der Waals surface area contributed by atoms with Crippen LogP contribution in [-0.4, -0.2) is 10.1 Å². The molecule has 6 heteroatoms. The molecule has 1 aromatic carbocycles. The standard InChI is InChI=1S/C12H9Cl2N3S/c13-8-2-1-3-10(6-8)16-12(18)17-11-5-4-9(14)7-15-11/h1-7H,(H2,15,16,17,18). The Kier molecular flexibility index (Phi) is 4.36. The van der Waals surface area contributed by atoms with Crippen LogP contribution in [0.3, 0.4) is 0 Å². The van der Waals surface area contributed by atoms with Crippen molar-refractivity contribution in [3.63, 3.8) is 0 Å². The van der Waals surface area contributed by atoms with Gasteiger partial charge in [-0.05, 0) is 42.5 Å². The lowest BCUT2D eigenvalue weighted by molar-refractivity contribution is 1.32. The first-order valence-corrected chi connectivity index (χ1v) is 6.25. The van der Waals surface area contributed by atoms with Crippen LogP contribution in [0.4, 0.5) is 11.5 Å². The van der Waals surface area contributed by atoms with Gasteiger partial charge < -0.3 is 10.6 Å². The van der Waals surface area contributed by atoms with Crippen molar-refractivity contribution in [2.45, 2.75) is 0 Å². The first kappa shape index (κ1) is 13.1. The minimum atomic E-state index is 0.437. The van der Waals surface area contributed by atoms with Crippen molar-refractivity contribution in [3.05, 3.63) is 52.6 Å². The number of halogens is 2. The van der Waals surface area contributed by atoms with E-state index in [9.17, 15) is 0 Å². The van der Waals surface area contributed by atoms with E-state index in [1.165, 1.54) is 0 Å². The summed E-state index contributed by atoms with van der Waals surface area (Å²) in [6.45, 7) is 0. The third-order valence-corrected chi connectivity index (χ3v) is 2.71. The van der Waals surface area contributed by atoms with Crippen molar-refractivity contribution in [2.24, 2.45) is 0 Å². The van der Waals surface area contributed by atoms with Gasteiger partial charge in [0.25, 0.3) is 0 Å². The van der Waals surface area contributed by atoms with Crippen LogP contribution in [0.1, 0.15) is 0 Å². The third-order valence-electron chi connectivity index (χ3n) is 2.05. The maximum atomic E-state index is 5.88. The molecule has 18 heavy (non-hydrogen) atoms. The van der Waals surface area contributed by atoms with Gasteiger partial charge >= 0.3 is 0 Å². The third kappa shape index (κ3) is 3.84. The number of hydrogen-bond donors (Lipinski definition) is 2. The van der Waals surface area contributed by atoms with Crippen LogP contribution in [0, 0.1) is 0 Å². The van der Waals surface area contributed by atoms with E-state index in [4.69, 9.17) is 35.4 Å². The lowest BCUT2D eigenvalue weighted by atomic mass is 10.3. The van der Waals surface area contributed by atoms with E-state index < -0.39 is 0 Å². The Morgan fingerprint density at radius 1 is 1.06 bits per heavy atom. The first-order chi connectivity index (χ1) is 8.63. The molecule has 1 heterocycles. The molecule has 2 rings (SSSR count). The van der Waals surface area contributed by atoms with Gasteiger partial charge in [-0.1, -0.05) is 29.3 Å². The van der Waals surface area contributed by atoms with Crippen molar-refractivity contribution < 1.29 is 0 Å². The van der Waals surface area contributed by atoms with Gasteiger partial charge in [0.1, 0.15) is 5.82 Å². The Morgan fingerprint density at radius 3 is 2.56 bits per heavy atom.